The molecule has 1 N–H and O–H groups in total. The van der Waals surface area contributed by atoms with Crippen molar-refractivity contribution in [1.82, 2.24) is 10.2 Å². The number of carbonyl (C=O) groups is 2. The van der Waals surface area contributed by atoms with Crippen molar-refractivity contribution in [2.75, 3.05) is 37.4 Å². The largest absolute Gasteiger partial charge is 0.455 e. The lowest BCUT2D eigenvalue weighted by atomic mass is 9.96. The number of anilines is 1. The topological polar surface area (TPSA) is 99.9 Å². The fraction of sp³-hybridized carbons (Fsp3) is 0.222. The van der Waals surface area contributed by atoms with E-state index in [1.165, 1.54) is 37.4 Å². The van der Waals surface area contributed by atoms with Crippen LogP contribution < -0.4 is 9.62 Å². The molecule has 1 aromatic heterocycles. The number of furan rings is 1. The smallest absolute Gasteiger partial charge is 0.255 e. The molecule has 0 bridgehead atoms. The van der Waals surface area contributed by atoms with Crippen LogP contribution >= 0.6 is 11.6 Å². The maximum Gasteiger partial charge on any atom is 0.255 e. The van der Waals surface area contributed by atoms with Crippen molar-refractivity contribution in [3.05, 3.63) is 112 Å². The van der Waals surface area contributed by atoms with Gasteiger partial charge in [-0.3, -0.25) is 13.9 Å². The SMILES string of the molecule is CNC(=O)c1c(-c2ccc(F)cc2)oc2cc(N(CCF)S(C)(=O)=O)c(-c3cccc(C(=O)N4CCCC4c4ccc(Cl)cc4)c3)cc12. The summed E-state index contributed by atoms with van der Waals surface area (Å²) in [4.78, 5) is 29.1. The molecule has 12 heteroatoms. The van der Waals surface area contributed by atoms with E-state index in [2.05, 4.69) is 5.32 Å². The van der Waals surface area contributed by atoms with Gasteiger partial charge >= 0.3 is 0 Å². The van der Waals surface area contributed by atoms with Crippen molar-refractivity contribution in [2.24, 2.45) is 0 Å². The van der Waals surface area contributed by atoms with E-state index in [9.17, 15) is 26.8 Å². The van der Waals surface area contributed by atoms with Gasteiger partial charge in [0.25, 0.3) is 11.8 Å². The van der Waals surface area contributed by atoms with Crippen molar-refractivity contribution in [2.45, 2.75) is 18.9 Å². The number of benzene rings is 4. The maximum absolute atomic E-state index is 14.0. The number of carbonyl (C=O) groups excluding carboxylic acids is 2. The lowest BCUT2D eigenvalue weighted by molar-refractivity contribution is 0.0735. The number of likely N-dealkylation sites (tertiary alicyclic amines) is 1. The standard InChI is InChI=1S/C36H32ClF2N3O5S/c1-40-35(43)33-29-20-28(24-5-3-6-25(19-24)36(44)41-17-4-7-30(41)22-8-12-26(37)13-9-22)31(42(18-16-38)48(2,45)46)21-32(29)47-34(33)23-10-14-27(39)15-11-23/h3,5-6,8-15,19-21,30H,4,7,16-18H2,1-2H3,(H,40,43). The molecule has 2 heterocycles. The number of nitrogens with zero attached hydrogens (tertiary/aromatic N) is 2. The zero-order chi connectivity index (χ0) is 34.2. The van der Waals surface area contributed by atoms with Gasteiger partial charge in [0.05, 0.1) is 30.1 Å². The predicted octanol–water partition coefficient (Wildman–Crippen LogP) is 7.63. The molecule has 248 valence electrons. The van der Waals surface area contributed by atoms with Gasteiger partial charge in [-0.1, -0.05) is 35.9 Å². The van der Waals surface area contributed by atoms with Crippen molar-refractivity contribution >= 4 is 50.1 Å². The number of fused-ring (bicyclic) bond motifs is 1. The first kappa shape index (κ1) is 33.2. The first-order valence-electron chi connectivity index (χ1n) is 15.3. The molecule has 0 saturated carbocycles. The Labute approximate surface area is 282 Å². The molecule has 1 fully saturated rings. The molecule has 2 amide bonds. The van der Waals surface area contributed by atoms with E-state index in [0.717, 1.165) is 29.0 Å². The Kier molecular flexibility index (Phi) is 9.26. The number of amides is 2. The van der Waals surface area contributed by atoms with Crippen LogP contribution in [-0.4, -0.2) is 58.2 Å². The zero-order valence-electron chi connectivity index (χ0n) is 26.2. The minimum absolute atomic E-state index is 0.107. The lowest BCUT2D eigenvalue weighted by Gasteiger charge is -2.26. The molecule has 1 unspecified atom stereocenters. The Morgan fingerprint density at radius 1 is 1.02 bits per heavy atom. The number of hydrogen-bond acceptors (Lipinski definition) is 5. The molecule has 6 rings (SSSR count). The molecule has 1 saturated heterocycles. The summed E-state index contributed by atoms with van der Waals surface area (Å²) in [6.07, 6.45) is 2.59. The Morgan fingerprint density at radius 3 is 2.42 bits per heavy atom. The van der Waals surface area contributed by atoms with E-state index < -0.39 is 35.0 Å². The Balaban J connectivity index is 1.52. The summed E-state index contributed by atoms with van der Waals surface area (Å²) in [5.41, 5.74) is 3.00. The zero-order valence-corrected chi connectivity index (χ0v) is 27.7. The second-order valence-electron chi connectivity index (χ2n) is 11.6. The fourth-order valence-electron chi connectivity index (χ4n) is 6.29. The minimum atomic E-state index is -3.99. The van der Waals surface area contributed by atoms with Crippen molar-refractivity contribution < 1.29 is 31.2 Å². The number of halogens is 3. The van der Waals surface area contributed by atoms with Crippen LogP contribution in [0, 0.1) is 5.82 Å². The third-order valence-electron chi connectivity index (χ3n) is 8.51. The first-order chi connectivity index (χ1) is 23.0. The first-order valence-corrected chi connectivity index (χ1v) is 17.5. The summed E-state index contributed by atoms with van der Waals surface area (Å²) in [6, 6.07) is 22.5. The lowest BCUT2D eigenvalue weighted by Crippen LogP contribution is -2.32. The van der Waals surface area contributed by atoms with Gasteiger partial charge in [-0.15, -0.1) is 0 Å². The highest BCUT2D eigenvalue weighted by Gasteiger charge is 2.32. The van der Waals surface area contributed by atoms with E-state index in [1.54, 1.807) is 42.5 Å². The summed E-state index contributed by atoms with van der Waals surface area (Å²) in [5.74, 6) is -1.01. The van der Waals surface area contributed by atoms with Crippen LogP contribution in [0.25, 0.3) is 33.4 Å². The Bertz CT molecular complexity index is 2120. The van der Waals surface area contributed by atoms with E-state index in [4.69, 9.17) is 16.0 Å². The molecule has 1 aliphatic heterocycles. The van der Waals surface area contributed by atoms with Crippen LogP contribution in [0.2, 0.25) is 5.02 Å². The Morgan fingerprint density at radius 2 is 1.75 bits per heavy atom. The number of rotatable bonds is 9. The maximum atomic E-state index is 14.0. The molecule has 4 aromatic carbocycles. The van der Waals surface area contributed by atoms with Gasteiger partial charge in [0.1, 0.15) is 23.8 Å². The second-order valence-corrected chi connectivity index (χ2v) is 13.9. The van der Waals surface area contributed by atoms with Gasteiger partial charge in [-0.2, -0.15) is 0 Å². The molecule has 0 aliphatic carbocycles. The van der Waals surface area contributed by atoms with Crippen LogP contribution in [0.1, 0.15) is 45.2 Å². The quantitative estimate of drug-likeness (QED) is 0.171. The number of alkyl halides is 1. The predicted molar refractivity (Wildman–Crippen MR) is 183 cm³/mol. The van der Waals surface area contributed by atoms with Gasteiger partial charge < -0.3 is 14.6 Å². The summed E-state index contributed by atoms with van der Waals surface area (Å²) in [7, 11) is -2.53. The molecule has 1 aliphatic rings. The summed E-state index contributed by atoms with van der Waals surface area (Å²) < 4.78 is 60.8. The molecule has 48 heavy (non-hydrogen) atoms. The molecular formula is C36H32ClF2N3O5S. The van der Waals surface area contributed by atoms with Crippen molar-refractivity contribution in [3.8, 4) is 22.5 Å². The molecule has 5 aromatic rings. The average molecular weight is 692 g/mol. The molecular weight excluding hydrogens is 660 g/mol. The van der Waals surface area contributed by atoms with E-state index in [1.807, 2.05) is 17.0 Å². The van der Waals surface area contributed by atoms with E-state index >= 15 is 0 Å². The summed E-state index contributed by atoms with van der Waals surface area (Å²) in [5, 5.41) is 3.56. The van der Waals surface area contributed by atoms with E-state index in [0.29, 0.717) is 39.2 Å². The molecule has 0 spiro atoms. The Hall–Kier alpha value is -4.74. The van der Waals surface area contributed by atoms with Crippen LogP contribution in [0.15, 0.2) is 89.3 Å². The highest BCUT2D eigenvalue weighted by Crippen LogP contribution is 2.42. The van der Waals surface area contributed by atoms with Gasteiger partial charge in [0.2, 0.25) is 10.0 Å². The second kappa shape index (κ2) is 13.4. The third kappa shape index (κ3) is 6.40. The van der Waals surface area contributed by atoms with Gasteiger partial charge in [-0.05, 0) is 78.6 Å². The fourth-order valence-corrected chi connectivity index (χ4v) is 7.33. The van der Waals surface area contributed by atoms with Gasteiger partial charge in [0, 0.05) is 46.8 Å². The highest BCUT2D eigenvalue weighted by atomic mass is 35.5. The monoisotopic (exact) mass is 691 g/mol. The highest BCUT2D eigenvalue weighted by molar-refractivity contribution is 7.92. The van der Waals surface area contributed by atoms with Crippen molar-refractivity contribution in [1.29, 1.82) is 0 Å². The third-order valence-corrected chi connectivity index (χ3v) is 9.94. The normalized spacial score (nSPS) is 14.8. The van der Waals surface area contributed by atoms with Crippen LogP contribution in [0.5, 0.6) is 0 Å². The molecule has 1 atom stereocenters. The summed E-state index contributed by atoms with van der Waals surface area (Å²) >= 11 is 6.10. The van der Waals surface area contributed by atoms with Gasteiger partial charge in [0.15, 0.2) is 0 Å². The van der Waals surface area contributed by atoms with Gasteiger partial charge in [-0.25, -0.2) is 17.2 Å². The van der Waals surface area contributed by atoms with Crippen LogP contribution in [-0.2, 0) is 10.0 Å². The number of nitrogens with one attached hydrogen (secondary N) is 1. The van der Waals surface area contributed by atoms with Crippen molar-refractivity contribution in [3.63, 3.8) is 0 Å². The number of sulfonamides is 1. The average Bonchev–Trinajstić information content (AvgIpc) is 3.71. The minimum Gasteiger partial charge on any atom is -0.455 e. The van der Waals surface area contributed by atoms with Crippen LogP contribution in [0.3, 0.4) is 0 Å². The summed E-state index contributed by atoms with van der Waals surface area (Å²) in [6.45, 7) is -0.879. The molecule has 0 radical (unpaired) electrons. The number of hydrogen-bond donors (Lipinski definition) is 1. The van der Waals surface area contributed by atoms with E-state index in [-0.39, 0.29) is 34.5 Å². The molecule has 8 nitrogen and oxygen atoms in total. The van der Waals surface area contributed by atoms with Crippen LogP contribution in [0.4, 0.5) is 14.5 Å².